The summed E-state index contributed by atoms with van der Waals surface area (Å²) in [6, 6.07) is 7.56. The van der Waals surface area contributed by atoms with Crippen LogP contribution in [0.15, 0.2) is 28.7 Å². The fraction of sp³-hybridized carbons (Fsp3) is 0.429. The van der Waals surface area contributed by atoms with E-state index < -0.39 is 0 Å². The SMILES string of the molecule is CNCCNC(=O)C1CC(=O)N(c2cccc(Br)c2)C1.Cl. The van der Waals surface area contributed by atoms with Crippen molar-refractivity contribution in [1.29, 1.82) is 0 Å². The van der Waals surface area contributed by atoms with Crippen LogP contribution >= 0.6 is 28.3 Å². The van der Waals surface area contributed by atoms with Gasteiger partial charge in [-0.1, -0.05) is 22.0 Å². The van der Waals surface area contributed by atoms with Gasteiger partial charge in [0.1, 0.15) is 0 Å². The molecule has 1 atom stereocenters. The molecule has 0 aliphatic carbocycles. The predicted molar refractivity (Wildman–Crippen MR) is 88.8 cm³/mol. The van der Waals surface area contributed by atoms with E-state index in [1.807, 2.05) is 31.3 Å². The van der Waals surface area contributed by atoms with Crippen LogP contribution in [0.5, 0.6) is 0 Å². The molecule has 1 heterocycles. The second kappa shape index (κ2) is 8.36. The fourth-order valence-electron chi connectivity index (χ4n) is 2.23. The summed E-state index contributed by atoms with van der Waals surface area (Å²) in [6.45, 7) is 1.75. The van der Waals surface area contributed by atoms with E-state index in [1.165, 1.54) is 0 Å². The molecule has 2 N–H and O–H groups in total. The molecule has 1 aromatic rings. The van der Waals surface area contributed by atoms with Crippen LogP contribution in [0.2, 0.25) is 0 Å². The van der Waals surface area contributed by atoms with Gasteiger partial charge in [0.25, 0.3) is 0 Å². The van der Waals surface area contributed by atoms with Gasteiger partial charge < -0.3 is 15.5 Å². The standard InChI is InChI=1S/C14H18BrN3O2.ClH/c1-16-5-6-17-14(20)10-7-13(19)18(9-10)12-4-2-3-11(15)8-12;/h2-4,8,10,16H,5-7,9H2,1H3,(H,17,20);1H. The van der Waals surface area contributed by atoms with E-state index in [2.05, 4.69) is 26.6 Å². The highest BCUT2D eigenvalue weighted by molar-refractivity contribution is 9.10. The molecule has 2 amide bonds. The molecule has 1 aliphatic heterocycles. The summed E-state index contributed by atoms with van der Waals surface area (Å²) in [7, 11) is 1.83. The molecule has 1 fully saturated rings. The van der Waals surface area contributed by atoms with Crippen molar-refractivity contribution in [2.75, 3.05) is 31.6 Å². The van der Waals surface area contributed by atoms with Gasteiger partial charge in [0.2, 0.25) is 11.8 Å². The van der Waals surface area contributed by atoms with Crippen molar-refractivity contribution < 1.29 is 9.59 Å². The van der Waals surface area contributed by atoms with Crippen molar-refractivity contribution in [2.24, 2.45) is 5.92 Å². The third-order valence-electron chi connectivity index (χ3n) is 3.29. The number of benzene rings is 1. The smallest absolute Gasteiger partial charge is 0.227 e. The summed E-state index contributed by atoms with van der Waals surface area (Å²) in [5.74, 6) is -0.318. The molecule has 0 spiro atoms. The van der Waals surface area contributed by atoms with Gasteiger partial charge in [0.05, 0.1) is 5.92 Å². The maximum atomic E-state index is 12.0. The largest absolute Gasteiger partial charge is 0.355 e. The first-order valence-corrected chi connectivity index (χ1v) is 7.39. The van der Waals surface area contributed by atoms with E-state index in [-0.39, 0.29) is 36.6 Å². The van der Waals surface area contributed by atoms with Crippen molar-refractivity contribution >= 4 is 45.8 Å². The predicted octanol–water partition coefficient (Wildman–Crippen LogP) is 1.56. The number of carbonyl (C=O) groups excluding carboxylic acids is 2. The van der Waals surface area contributed by atoms with Crippen LogP contribution in [0, 0.1) is 5.92 Å². The third kappa shape index (κ3) is 4.69. The molecule has 0 radical (unpaired) electrons. The van der Waals surface area contributed by atoms with Crippen molar-refractivity contribution in [3.63, 3.8) is 0 Å². The third-order valence-corrected chi connectivity index (χ3v) is 3.78. The van der Waals surface area contributed by atoms with E-state index in [1.54, 1.807) is 4.90 Å². The van der Waals surface area contributed by atoms with E-state index in [0.717, 1.165) is 16.7 Å². The highest BCUT2D eigenvalue weighted by Crippen LogP contribution is 2.27. The summed E-state index contributed by atoms with van der Waals surface area (Å²) in [5, 5.41) is 5.81. The second-order valence-electron chi connectivity index (χ2n) is 4.78. The molecule has 1 aromatic carbocycles. The number of nitrogens with zero attached hydrogens (tertiary/aromatic N) is 1. The molecular weight excluding hydrogens is 358 g/mol. The fourth-order valence-corrected chi connectivity index (χ4v) is 2.62. The number of nitrogens with one attached hydrogen (secondary N) is 2. The lowest BCUT2D eigenvalue weighted by molar-refractivity contribution is -0.126. The number of likely N-dealkylation sites (N-methyl/N-ethyl adjacent to an activating group) is 1. The summed E-state index contributed by atoms with van der Waals surface area (Å²) in [5.41, 5.74) is 0.829. The lowest BCUT2D eigenvalue weighted by Crippen LogP contribution is -2.36. The topological polar surface area (TPSA) is 61.4 Å². The van der Waals surface area contributed by atoms with Gasteiger partial charge in [-0.25, -0.2) is 0 Å². The Morgan fingerprint density at radius 1 is 1.43 bits per heavy atom. The molecule has 2 rings (SSSR count). The van der Waals surface area contributed by atoms with E-state index in [4.69, 9.17) is 0 Å². The molecule has 21 heavy (non-hydrogen) atoms. The number of hydrogen-bond acceptors (Lipinski definition) is 3. The van der Waals surface area contributed by atoms with Crippen LogP contribution in [-0.2, 0) is 9.59 Å². The highest BCUT2D eigenvalue weighted by Gasteiger charge is 2.34. The summed E-state index contributed by atoms with van der Waals surface area (Å²) in [4.78, 5) is 25.7. The minimum Gasteiger partial charge on any atom is -0.355 e. The van der Waals surface area contributed by atoms with Gasteiger partial charge in [-0.05, 0) is 25.2 Å². The average Bonchev–Trinajstić information content (AvgIpc) is 2.81. The highest BCUT2D eigenvalue weighted by atomic mass is 79.9. The Balaban J connectivity index is 0.00000220. The van der Waals surface area contributed by atoms with Crippen LogP contribution in [0.25, 0.3) is 0 Å². The maximum Gasteiger partial charge on any atom is 0.227 e. The Morgan fingerprint density at radius 3 is 2.86 bits per heavy atom. The van der Waals surface area contributed by atoms with Crippen LogP contribution in [0.4, 0.5) is 5.69 Å². The van der Waals surface area contributed by atoms with E-state index in [9.17, 15) is 9.59 Å². The number of halogens is 2. The molecule has 5 nitrogen and oxygen atoms in total. The molecule has 0 saturated carbocycles. The Labute approximate surface area is 139 Å². The zero-order valence-corrected chi connectivity index (χ0v) is 14.2. The van der Waals surface area contributed by atoms with Gasteiger partial charge in [-0.2, -0.15) is 0 Å². The van der Waals surface area contributed by atoms with Gasteiger partial charge >= 0.3 is 0 Å². The lowest BCUT2D eigenvalue weighted by Gasteiger charge is -2.17. The summed E-state index contributed by atoms with van der Waals surface area (Å²) >= 11 is 3.39. The van der Waals surface area contributed by atoms with Crippen LogP contribution < -0.4 is 15.5 Å². The Hall–Kier alpha value is -1.11. The molecular formula is C14H19BrClN3O2. The maximum absolute atomic E-state index is 12.0. The molecule has 1 unspecified atom stereocenters. The van der Waals surface area contributed by atoms with Crippen LogP contribution in [-0.4, -0.2) is 38.5 Å². The monoisotopic (exact) mass is 375 g/mol. The van der Waals surface area contributed by atoms with Gasteiger partial charge in [0, 0.05) is 36.2 Å². The number of anilines is 1. The Morgan fingerprint density at radius 2 is 2.19 bits per heavy atom. The summed E-state index contributed by atoms with van der Waals surface area (Å²) < 4.78 is 0.921. The molecule has 0 bridgehead atoms. The minimum absolute atomic E-state index is 0. The normalized spacial score (nSPS) is 17.5. The van der Waals surface area contributed by atoms with Crippen molar-refractivity contribution in [2.45, 2.75) is 6.42 Å². The number of carbonyl (C=O) groups is 2. The van der Waals surface area contributed by atoms with Crippen molar-refractivity contribution in [3.8, 4) is 0 Å². The second-order valence-corrected chi connectivity index (χ2v) is 5.70. The molecule has 7 heteroatoms. The molecule has 1 aliphatic rings. The first-order valence-electron chi connectivity index (χ1n) is 6.60. The Kier molecular flexibility index (Phi) is 7.14. The average molecular weight is 377 g/mol. The van der Waals surface area contributed by atoms with Crippen molar-refractivity contribution in [1.82, 2.24) is 10.6 Å². The van der Waals surface area contributed by atoms with Crippen LogP contribution in [0.3, 0.4) is 0 Å². The number of rotatable bonds is 5. The number of hydrogen-bond donors (Lipinski definition) is 2. The quantitative estimate of drug-likeness (QED) is 0.767. The summed E-state index contributed by atoms with van der Waals surface area (Å²) in [6.07, 6.45) is 0.276. The van der Waals surface area contributed by atoms with E-state index >= 15 is 0 Å². The van der Waals surface area contributed by atoms with Gasteiger partial charge in [0.15, 0.2) is 0 Å². The first-order chi connectivity index (χ1) is 9.61. The first kappa shape index (κ1) is 17.9. The molecule has 116 valence electrons. The Bertz CT molecular complexity index is 513. The van der Waals surface area contributed by atoms with Gasteiger partial charge in [-0.15, -0.1) is 12.4 Å². The zero-order chi connectivity index (χ0) is 14.5. The van der Waals surface area contributed by atoms with Gasteiger partial charge in [-0.3, -0.25) is 9.59 Å². The van der Waals surface area contributed by atoms with Crippen LogP contribution in [0.1, 0.15) is 6.42 Å². The lowest BCUT2D eigenvalue weighted by atomic mass is 10.1. The molecule has 0 aromatic heterocycles. The van der Waals surface area contributed by atoms with Crippen molar-refractivity contribution in [3.05, 3.63) is 28.7 Å². The number of amides is 2. The van der Waals surface area contributed by atoms with E-state index in [0.29, 0.717) is 13.1 Å². The molecule has 1 saturated heterocycles. The minimum atomic E-state index is -0.265. The zero-order valence-electron chi connectivity index (χ0n) is 11.8.